The van der Waals surface area contributed by atoms with Crippen LogP contribution in [0.4, 0.5) is 5.69 Å². The van der Waals surface area contributed by atoms with Crippen molar-refractivity contribution in [2.45, 2.75) is 97.1 Å². The first kappa shape index (κ1) is 28.7. The summed E-state index contributed by atoms with van der Waals surface area (Å²) in [5.74, 6) is 0.669. The van der Waals surface area contributed by atoms with Gasteiger partial charge < -0.3 is 9.84 Å². The summed E-state index contributed by atoms with van der Waals surface area (Å²) in [6, 6.07) is 12.4. The van der Waals surface area contributed by atoms with Gasteiger partial charge >= 0.3 is 0 Å². The molecule has 0 aliphatic heterocycles. The number of benzene rings is 2. The van der Waals surface area contributed by atoms with E-state index in [4.69, 9.17) is 16.3 Å². The zero-order chi connectivity index (χ0) is 26.1. The predicted octanol–water partition coefficient (Wildman–Crippen LogP) is 8.67. The van der Waals surface area contributed by atoms with E-state index in [2.05, 4.69) is 22.2 Å². The Morgan fingerprint density at radius 3 is 2.19 bits per heavy atom. The average molecular weight is 525 g/mol. The van der Waals surface area contributed by atoms with Crippen LogP contribution in [-0.4, -0.2) is 26.3 Å². The number of aromatic hydroxyl groups is 1. The van der Waals surface area contributed by atoms with Crippen molar-refractivity contribution in [2.24, 2.45) is 4.99 Å². The van der Waals surface area contributed by atoms with E-state index in [1.807, 2.05) is 23.0 Å². The largest absolute Gasteiger partial charge is 0.507 e. The number of nitrogens with zero attached hydrogens (tertiary/aromatic N) is 4. The monoisotopic (exact) mass is 524 g/mol. The Kier molecular flexibility index (Phi) is 13.0. The van der Waals surface area contributed by atoms with E-state index in [1.54, 1.807) is 36.5 Å². The summed E-state index contributed by atoms with van der Waals surface area (Å²) < 4.78 is 7.69. The van der Waals surface area contributed by atoms with Gasteiger partial charge in [-0.15, -0.1) is 5.10 Å². The van der Waals surface area contributed by atoms with Gasteiger partial charge in [0, 0.05) is 29.4 Å². The molecule has 0 atom stereocenters. The summed E-state index contributed by atoms with van der Waals surface area (Å²) in [5, 5.41) is 19.4. The molecule has 0 saturated carbocycles. The lowest BCUT2D eigenvalue weighted by atomic mass is 10.1. The Bertz CT molecular complexity index is 1070. The molecule has 2 aromatic carbocycles. The molecule has 37 heavy (non-hydrogen) atoms. The first-order valence-corrected chi connectivity index (χ1v) is 14.2. The van der Waals surface area contributed by atoms with E-state index < -0.39 is 0 Å². The zero-order valence-electron chi connectivity index (χ0n) is 22.1. The molecule has 0 bridgehead atoms. The topological polar surface area (TPSA) is 72.5 Å². The molecular formula is C30H41ClN4O2. The van der Waals surface area contributed by atoms with Crippen LogP contribution in [0.1, 0.15) is 95.2 Å². The highest BCUT2D eigenvalue weighted by Crippen LogP contribution is 2.24. The fourth-order valence-corrected chi connectivity index (χ4v) is 4.31. The maximum Gasteiger partial charge on any atom is 0.134 e. The molecule has 0 aliphatic carbocycles. The van der Waals surface area contributed by atoms with Crippen molar-refractivity contribution in [3.05, 3.63) is 64.9 Å². The Morgan fingerprint density at radius 1 is 0.892 bits per heavy atom. The molecule has 0 fully saturated rings. The fraction of sp³-hybridized carbons (Fsp3) is 0.500. The molecule has 7 heteroatoms. The lowest BCUT2D eigenvalue weighted by molar-refractivity contribution is 0.299. The average Bonchev–Trinajstić information content (AvgIpc) is 3.36. The molecular weight excluding hydrogens is 484 g/mol. The van der Waals surface area contributed by atoms with Gasteiger partial charge in [0.1, 0.15) is 23.8 Å². The van der Waals surface area contributed by atoms with Gasteiger partial charge in [-0.2, -0.15) is 0 Å². The van der Waals surface area contributed by atoms with Gasteiger partial charge in [0.25, 0.3) is 0 Å². The number of rotatable bonds is 18. The van der Waals surface area contributed by atoms with Crippen LogP contribution in [0, 0.1) is 0 Å². The van der Waals surface area contributed by atoms with Crippen LogP contribution in [0.5, 0.6) is 11.5 Å². The number of unbranched alkanes of at least 4 members (excludes halogenated alkanes) is 11. The van der Waals surface area contributed by atoms with Crippen molar-refractivity contribution < 1.29 is 9.84 Å². The standard InChI is InChI=1S/C30H41ClN4O2/c1-2-3-4-5-6-7-8-9-10-11-12-13-20-35-23-28(33-34-35)24-37-29-19-14-25(30(36)21-29)22-32-27-17-15-26(31)16-18-27/h14-19,21-23,36H,2-13,20,24H2,1H3. The first-order chi connectivity index (χ1) is 18.1. The summed E-state index contributed by atoms with van der Waals surface area (Å²) in [7, 11) is 0. The lowest BCUT2D eigenvalue weighted by Crippen LogP contribution is -1.99. The molecule has 0 aliphatic rings. The molecule has 0 radical (unpaired) electrons. The molecule has 0 amide bonds. The van der Waals surface area contributed by atoms with Crippen LogP contribution in [0.25, 0.3) is 0 Å². The molecule has 1 N–H and O–H groups in total. The van der Waals surface area contributed by atoms with E-state index in [0.717, 1.165) is 24.3 Å². The van der Waals surface area contributed by atoms with Crippen LogP contribution in [0.15, 0.2) is 53.7 Å². The number of hydrogen-bond donors (Lipinski definition) is 1. The van der Waals surface area contributed by atoms with Crippen LogP contribution >= 0.6 is 11.6 Å². The molecule has 200 valence electrons. The van der Waals surface area contributed by atoms with E-state index in [0.29, 0.717) is 22.9 Å². The maximum absolute atomic E-state index is 10.3. The zero-order valence-corrected chi connectivity index (χ0v) is 22.9. The van der Waals surface area contributed by atoms with Gasteiger partial charge in [0.15, 0.2) is 0 Å². The number of halogens is 1. The Balaban J connectivity index is 1.29. The second-order valence-electron chi connectivity index (χ2n) is 9.61. The molecule has 1 aromatic heterocycles. The van der Waals surface area contributed by atoms with Gasteiger partial charge in [-0.1, -0.05) is 94.4 Å². The summed E-state index contributed by atoms with van der Waals surface area (Å²) in [6.07, 6.45) is 19.6. The van der Waals surface area contributed by atoms with Gasteiger partial charge in [-0.05, 0) is 42.8 Å². The number of aromatic nitrogens is 3. The molecule has 0 saturated heterocycles. The quantitative estimate of drug-likeness (QED) is 0.133. The highest BCUT2D eigenvalue weighted by molar-refractivity contribution is 6.30. The molecule has 1 heterocycles. The smallest absolute Gasteiger partial charge is 0.134 e. The summed E-state index contributed by atoms with van der Waals surface area (Å²) in [5.41, 5.74) is 2.14. The molecule has 3 aromatic rings. The number of aliphatic imine (C=N–C) groups is 1. The van der Waals surface area contributed by atoms with E-state index in [9.17, 15) is 5.11 Å². The lowest BCUT2D eigenvalue weighted by Gasteiger charge is -2.06. The Morgan fingerprint density at radius 2 is 1.54 bits per heavy atom. The summed E-state index contributed by atoms with van der Waals surface area (Å²) in [4.78, 5) is 4.36. The number of ether oxygens (including phenoxy) is 1. The van der Waals surface area contributed by atoms with Gasteiger partial charge in [-0.3, -0.25) is 9.67 Å². The molecule has 0 unspecified atom stereocenters. The van der Waals surface area contributed by atoms with E-state index >= 15 is 0 Å². The van der Waals surface area contributed by atoms with Crippen molar-refractivity contribution in [1.29, 1.82) is 0 Å². The third kappa shape index (κ3) is 11.4. The third-order valence-corrected chi connectivity index (χ3v) is 6.65. The summed E-state index contributed by atoms with van der Waals surface area (Å²) in [6.45, 7) is 3.45. The van der Waals surface area contributed by atoms with Crippen molar-refractivity contribution in [3.63, 3.8) is 0 Å². The number of hydrogen-bond acceptors (Lipinski definition) is 5. The normalized spacial score (nSPS) is 11.4. The SMILES string of the molecule is CCCCCCCCCCCCCCn1cc(COc2ccc(C=Nc3ccc(Cl)cc3)c(O)c2)nn1. The van der Waals surface area contributed by atoms with Crippen LogP contribution in [0.3, 0.4) is 0 Å². The summed E-state index contributed by atoms with van der Waals surface area (Å²) >= 11 is 5.90. The molecule has 3 rings (SSSR count). The minimum Gasteiger partial charge on any atom is -0.507 e. The number of aryl methyl sites for hydroxylation is 1. The second kappa shape index (κ2) is 16.8. The minimum absolute atomic E-state index is 0.103. The van der Waals surface area contributed by atoms with Crippen molar-refractivity contribution in [2.75, 3.05) is 0 Å². The van der Waals surface area contributed by atoms with Gasteiger partial charge in [0.05, 0.1) is 11.9 Å². The van der Waals surface area contributed by atoms with Crippen LogP contribution < -0.4 is 4.74 Å². The number of phenolic OH excluding ortho intramolecular Hbond substituents is 1. The third-order valence-electron chi connectivity index (χ3n) is 6.39. The van der Waals surface area contributed by atoms with Crippen LogP contribution in [0.2, 0.25) is 5.02 Å². The Labute approximate surface area is 226 Å². The van der Waals surface area contributed by atoms with Crippen LogP contribution in [-0.2, 0) is 13.2 Å². The Hall–Kier alpha value is -2.86. The highest BCUT2D eigenvalue weighted by Gasteiger charge is 2.05. The fourth-order valence-electron chi connectivity index (χ4n) is 4.18. The number of phenols is 1. The van der Waals surface area contributed by atoms with E-state index in [1.165, 1.54) is 70.6 Å². The predicted molar refractivity (Wildman–Crippen MR) is 152 cm³/mol. The van der Waals surface area contributed by atoms with Gasteiger partial charge in [0.2, 0.25) is 0 Å². The van der Waals surface area contributed by atoms with E-state index in [-0.39, 0.29) is 5.75 Å². The van der Waals surface area contributed by atoms with Crippen molar-refractivity contribution in [1.82, 2.24) is 15.0 Å². The molecule has 0 spiro atoms. The minimum atomic E-state index is 0.103. The van der Waals surface area contributed by atoms with Crippen molar-refractivity contribution in [3.8, 4) is 11.5 Å². The first-order valence-electron chi connectivity index (χ1n) is 13.8. The second-order valence-corrected chi connectivity index (χ2v) is 10.0. The van der Waals surface area contributed by atoms with Crippen molar-refractivity contribution >= 4 is 23.5 Å². The molecule has 6 nitrogen and oxygen atoms in total. The highest BCUT2D eigenvalue weighted by atomic mass is 35.5. The van der Waals surface area contributed by atoms with Gasteiger partial charge in [-0.25, -0.2) is 0 Å². The maximum atomic E-state index is 10.3.